The van der Waals surface area contributed by atoms with Crippen molar-refractivity contribution in [3.8, 4) is 6.07 Å². The summed E-state index contributed by atoms with van der Waals surface area (Å²) >= 11 is 5.87. The minimum Gasteiger partial charge on any atom is -0.353 e. The molecule has 0 spiro atoms. The second kappa shape index (κ2) is 9.22. The fraction of sp³-hybridized carbons (Fsp3) is 0.316. The van der Waals surface area contributed by atoms with Gasteiger partial charge in [0.25, 0.3) is 5.91 Å². The Morgan fingerprint density at radius 3 is 2.41 bits per heavy atom. The van der Waals surface area contributed by atoms with E-state index in [-0.39, 0.29) is 23.8 Å². The number of sulfonamides is 1. The number of nitriles is 1. The van der Waals surface area contributed by atoms with Crippen molar-refractivity contribution in [2.24, 2.45) is 0 Å². The molecular weight excluding hydrogens is 414 g/mol. The van der Waals surface area contributed by atoms with Crippen molar-refractivity contribution in [3.63, 3.8) is 0 Å². The SMILES string of the molecule is N#CCCNS(=O)(=O)c1ccc(C(=O)N2CCN(c3ccc(Cl)cn3)CC2)cc1. The highest BCUT2D eigenvalue weighted by molar-refractivity contribution is 7.89. The molecule has 2 aromatic rings. The topological polar surface area (TPSA) is 106 Å². The molecule has 8 nitrogen and oxygen atoms in total. The lowest BCUT2D eigenvalue weighted by molar-refractivity contribution is 0.0746. The summed E-state index contributed by atoms with van der Waals surface area (Å²) in [5, 5.41) is 9.09. The van der Waals surface area contributed by atoms with Crippen LogP contribution in [0.25, 0.3) is 0 Å². The highest BCUT2D eigenvalue weighted by atomic mass is 35.5. The molecule has 1 amide bonds. The highest BCUT2D eigenvalue weighted by Gasteiger charge is 2.23. The van der Waals surface area contributed by atoms with Crippen molar-refractivity contribution in [2.45, 2.75) is 11.3 Å². The van der Waals surface area contributed by atoms with Crippen LogP contribution in [0, 0.1) is 11.3 Å². The highest BCUT2D eigenvalue weighted by Crippen LogP contribution is 2.18. The summed E-state index contributed by atoms with van der Waals surface area (Å²) in [5.41, 5.74) is 0.430. The summed E-state index contributed by atoms with van der Waals surface area (Å²) < 4.78 is 26.6. The van der Waals surface area contributed by atoms with Crippen LogP contribution in [0.4, 0.5) is 5.82 Å². The zero-order valence-corrected chi connectivity index (χ0v) is 17.2. The normalized spacial score (nSPS) is 14.5. The predicted octanol–water partition coefficient (Wildman–Crippen LogP) is 1.89. The molecule has 0 saturated carbocycles. The van der Waals surface area contributed by atoms with E-state index < -0.39 is 10.0 Å². The van der Waals surface area contributed by atoms with Gasteiger partial charge in [-0.15, -0.1) is 0 Å². The van der Waals surface area contributed by atoms with Crippen LogP contribution in [0.2, 0.25) is 5.02 Å². The Hall–Kier alpha value is -2.67. The van der Waals surface area contributed by atoms with Gasteiger partial charge in [0.05, 0.1) is 16.0 Å². The Morgan fingerprint density at radius 1 is 1.14 bits per heavy atom. The third-order valence-corrected chi connectivity index (χ3v) is 6.24. The first-order valence-corrected chi connectivity index (χ1v) is 10.9. The van der Waals surface area contributed by atoms with Crippen LogP contribution in [0.15, 0.2) is 47.5 Å². The van der Waals surface area contributed by atoms with E-state index in [1.165, 1.54) is 24.3 Å². The summed E-state index contributed by atoms with van der Waals surface area (Å²) in [6.45, 7) is 2.43. The zero-order chi connectivity index (χ0) is 20.9. The summed E-state index contributed by atoms with van der Waals surface area (Å²) in [6.07, 6.45) is 1.69. The summed E-state index contributed by atoms with van der Waals surface area (Å²) in [5.74, 6) is 0.676. The number of anilines is 1. The molecule has 0 unspecified atom stereocenters. The second-order valence-electron chi connectivity index (χ2n) is 6.44. The van der Waals surface area contributed by atoms with Gasteiger partial charge >= 0.3 is 0 Å². The molecule has 1 aliphatic heterocycles. The molecule has 0 radical (unpaired) electrons. The van der Waals surface area contributed by atoms with Crippen molar-refractivity contribution >= 4 is 33.3 Å². The molecule has 152 valence electrons. The Morgan fingerprint density at radius 2 is 1.83 bits per heavy atom. The number of pyridine rings is 1. The van der Waals surface area contributed by atoms with Gasteiger partial charge < -0.3 is 9.80 Å². The molecular formula is C19H20ClN5O3S. The number of hydrogen-bond donors (Lipinski definition) is 1. The number of benzene rings is 1. The summed E-state index contributed by atoms with van der Waals surface area (Å²) in [7, 11) is -3.69. The molecule has 0 bridgehead atoms. The number of carbonyl (C=O) groups excluding carboxylic acids is 1. The van der Waals surface area contributed by atoms with Crippen LogP contribution in [-0.2, 0) is 10.0 Å². The van der Waals surface area contributed by atoms with Gasteiger partial charge in [0.2, 0.25) is 10.0 Å². The molecule has 1 saturated heterocycles. The average molecular weight is 434 g/mol. The third kappa shape index (κ3) is 5.23. The largest absolute Gasteiger partial charge is 0.353 e. The Balaban J connectivity index is 1.60. The number of halogens is 1. The number of amides is 1. The lowest BCUT2D eigenvalue weighted by Gasteiger charge is -2.35. The first-order valence-electron chi connectivity index (χ1n) is 9.03. The Labute approximate surface area is 174 Å². The van der Waals surface area contributed by atoms with E-state index in [1.807, 2.05) is 12.1 Å². The van der Waals surface area contributed by atoms with Gasteiger partial charge in [0.15, 0.2) is 0 Å². The lowest BCUT2D eigenvalue weighted by atomic mass is 10.2. The molecule has 3 rings (SSSR count). The van der Waals surface area contributed by atoms with Gasteiger partial charge in [-0.05, 0) is 36.4 Å². The van der Waals surface area contributed by atoms with Crippen molar-refractivity contribution in [1.82, 2.24) is 14.6 Å². The van der Waals surface area contributed by atoms with Gasteiger partial charge in [0.1, 0.15) is 5.82 Å². The lowest BCUT2D eigenvalue weighted by Crippen LogP contribution is -2.49. The molecule has 1 aromatic carbocycles. The van der Waals surface area contributed by atoms with E-state index >= 15 is 0 Å². The van der Waals surface area contributed by atoms with Crippen LogP contribution in [0.5, 0.6) is 0 Å². The molecule has 10 heteroatoms. The zero-order valence-electron chi connectivity index (χ0n) is 15.6. The third-order valence-electron chi connectivity index (χ3n) is 4.54. The van der Waals surface area contributed by atoms with Crippen molar-refractivity contribution < 1.29 is 13.2 Å². The van der Waals surface area contributed by atoms with Crippen molar-refractivity contribution in [3.05, 3.63) is 53.2 Å². The monoisotopic (exact) mass is 433 g/mol. The maximum Gasteiger partial charge on any atom is 0.253 e. The number of nitrogens with zero attached hydrogens (tertiary/aromatic N) is 4. The molecule has 2 heterocycles. The minimum absolute atomic E-state index is 0.0479. The first-order chi connectivity index (χ1) is 13.9. The molecule has 29 heavy (non-hydrogen) atoms. The molecule has 1 fully saturated rings. The fourth-order valence-electron chi connectivity index (χ4n) is 2.98. The Kier molecular flexibility index (Phi) is 6.69. The number of carbonyl (C=O) groups is 1. The number of aromatic nitrogens is 1. The first kappa shape index (κ1) is 21.0. The molecule has 0 atom stereocenters. The second-order valence-corrected chi connectivity index (χ2v) is 8.65. The van der Waals surface area contributed by atoms with Crippen LogP contribution >= 0.6 is 11.6 Å². The van der Waals surface area contributed by atoms with Crippen LogP contribution in [-0.4, -0.2) is 56.9 Å². The van der Waals surface area contributed by atoms with Gasteiger partial charge in [-0.1, -0.05) is 11.6 Å². The number of piperazine rings is 1. The van der Waals surface area contributed by atoms with Gasteiger partial charge in [-0.25, -0.2) is 18.1 Å². The van der Waals surface area contributed by atoms with E-state index in [0.717, 1.165) is 5.82 Å². The van der Waals surface area contributed by atoms with E-state index in [0.29, 0.717) is 36.8 Å². The van der Waals surface area contributed by atoms with E-state index in [1.54, 1.807) is 17.2 Å². The molecule has 1 aliphatic rings. The maximum absolute atomic E-state index is 12.7. The van der Waals surface area contributed by atoms with E-state index in [4.69, 9.17) is 16.9 Å². The fourth-order valence-corrected chi connectivity index (χ4v) is 4.12. The number of hydrogen-bond acceptors (Lipinski definition) is 6. The molecule has 1 N–H and O–H groups in total. The van der Waals surface area contributed by atoms with Crippen LogP contribution in [0.3, 0.4) is 0 Å². The number of rotatable bonds is 6. The van der Waals surface area contributed by atoms with Gasteiger partial charge in [0, 0.05) is 50.9 Å². The van der Waals surface area contributed by atoms with Crippen LogP contribution in [0.1, 0.15) is 16.8 Å². The summed E-state index contributed by atoms with van der Waals surface area (Å²) in [4.78, 5) is 20.9. The van der Waals surface area contributed by atoms with Crippen molar-refractivity contribution in [1.29, 1.82) is 5.26 Å². The van der Waals surface area contributed by atoms with E-state index in [9.17, 15) is 13.2 Å². The quantitative estimate of drug-likeness (QED) is 0.697. The molecule has 1 aromatic heterocycles. The van der Waals surface area contributed by atoms with E-state index in [2.05, 4.69) is 14.6 Å². The van der Waals surface area contributed by atoms with Gasteiger partial charge in [-0.3, -0.25) is 4.79 Å². The predicted molar refractivity (Wildman–Crippen MR) is 109 cm³/mol. The average Bonchev–Trinajstić information content (AvgIpc) is 2.74. The minimum atomic E-state index is -3.69. The maximum atomic E-state index is 12.7. The number of nitrogens with one attached hydrogen (secondary N) is 1. The van der Waals surface area contributed by atoms with Gasteiger partial charge in [-0.2, -0.15) is 5.26 Å². The van der Waals surface area contributed by atoms with Crippen LogP contribution < -0.4 is 9.62 Å². The summed E-state index contributed by atoms with van der Waals surface area (Å²) in [6, 6.07) is 11.3. The van der Waals surface area contributed by atoms with Crippen molar-refractivity contribution in [2.75, 3.05) is 37.6 Å². The smallest absolute Gasteiger partial charge is 0.253 e. The Bertz CT molecular complexity index is 996. The standard InChI is InChI=1S/C19H20ClN5O3S/c20-16-4-7-18(22-14-16)24-10-12-25(13-11-24)19(26)15-2-5-17(6-3-15)29(27,28)23-9-1-8-21/h2-7,14,23H,1,9-13H2. The molecule has 0 aliphatic carbocycles.